The number of tetrazole rings is 1. The summed E-state index contributed by atoms with van der Waals surface area (Å²) in [7, 11) is 5.23. The zero-order valence-corrected chi connectivity index (χ0v) is 24.9. The molecule has 2 atom stereocenters. The molecule has 0 unspecified atom stereocenters. The minimum absolute atomic E-state index is 0.0778. The van der Waals surface area contributed by atoms with Crippen molar-refractivity contribution in [3.8, 4) is 22.5 Å². The molecule has 4 aromatic rings. The number of methoxy groups -OCH3 is 1. The van der Waals surface area contributed by atoms with E-state index in [-0.39, 0.29) is 11.9 Å². The van der Waals surface area contributed by atoms with E-state index >= 15 is 0 Å². The first kappa shape index (κ1) is 29.4. The highest BCUT2D eigenvalue weighted by Crippen LogP contribution is 2.42. The average Bonchev–Trinajstić information content (AvgIpc) is 3.61. The summed E-state index contributed by atoms with van der Waals surface area (Å²) in [5, 5.41) is 14.9. The van der Waals surface area contributed by atoms with Crippen molar-refractivity contribution in [3.63, 3.8) is 0 Å². The topological polar surface area (TPSA) is 102 Å². The monoisotopic (exact) mass is 563 g/mol. The number of aryl methyl sites for hydroxylation is 1. The molecule has 0 fully saturated rings. The molecular formula is C30H38ClN7O2. The van der Waals surface area contributed by atoms with E-state index in [0.717, 1.165) is 53.8 Å². The number of hydrogen-bond acceptors (Lipinski definition) is 7. The Labute approximate surface area is 240 Å². The zero-order chi connectivity index (χ0) is 28.9. The molecule has 0 aliphatic heterocycles. The maximum absolute atomic E-state index is 13.6. The molecule has 0 saturated heterocycles. The van der Waals surface area contributed by atoms with Crippen LogP contribution in [0.1, 0.15) is 57.1 Å². The normalized spacial score (nSPS) is 13.8. The fourth-order valence-electron chi connectivity index (χ4n) is 5.52. The van der Waals surface area contributed by atoms with Gasteiger partial charge in [0.2, 0.25) is 5.82 Å². The Bertz CT molecular complexity index is 1420. The van der Waals surface area contributed by atoms with Gasteiger partial charge in [0.05, 0.1) is 12.8 Å². The number of benzene rings is 2. The van der Waals surface area contributed by atoms with Crippen LogP contribution < -0.4 is 0 Å². The van der Waals surface area contributed by atoms with Gasteiger partial charge in [-0.05, 0) is 48.3 Å². The molecule has 2 aromatic carbocycles. The van der Waals surface area contributed by atoms with Crippen molar-refractivity contribution in [2.75, 3.05) is 21.2 Å². The molecule has 212 valence electrons. The van der Waals surface area contributed by atoms with Crippen molar-refractivity contribution in [2.24, 2.45) is 5.92 Å². The van der Waals surface area contributed by atoms with Gasteiger partial charge in [-0.3, -0.25) is 4.90 Å². The van der Waals surface area contributed by atoms with Crippen LogP contribution >= 0.6 is 11.6 Å². The Morgan fingerprint density at radius 3 is 2.40 bits per heavy atom. The number of ether oxygens (including phenoxy) is 1. The molecule has 0 aliphatic carbocycles. The Morgan fingerprint density at radius 1 is 1.12 bits per heavy atom. The van der Waals surface area contributed by atoms with Crippen LogP contribution in [0.15, 0.2) is 48.5 Å². The van der Waals surface area contributed by atoms with Gasteiger partial charge in [0.25, 0.3) is 0 Å². The molecule has 4 rings (SSSR count). The molecule has 10 heteroatoms. The highest BCUT2D eigenvalue weighted by Gasteiger charge is 2.52. The first-order valence-corrected chi connectivity index (χ1v) is 14.1. The third-order valence-electron chi connectivity index (χ3n) is 7.77. The van der Waals surface area contributed by atoms with Gasteiger partial charge in [-0.2, -0.15) is 5.21 Å². The summed E-state index contributed by atoms with van der Waals surface area (Å²) >= 11 is 6.91. The van der Waals surface area contributed by atoms with Crippen LogP contribution in [0.2, 0.25) is 5.15 Å². The number of carbonyl (C=O) groups excluding carboxylic acids is 1. The van der Waals surface area contributed by atoms with Crippen LogP contribution in [-0.2, 0) is 28.0 Å². The Balaban J connectivity index is 1.80. The predicted octanol–water partition coefficient (Wildman–Crippen LogP) is 5.75. The minimum atomic E-state index is -1.10. The second-order valence-corrected chi connectivity index (χ2v) is 10.7. The standard InChI is InChI=1S/C30H38ClN7O2/c1-7-9-14-25-32-27(31)26(30(37(4)5,20(3)8-2)29(39)40-6)38(25)19-21-15-17-22(18-16-21)23-12-10-11-13-24(23)28-33-35-36-34-28/h10-13,15-18,20H,7-9,14,19H2,1-6H3,(H,33,34,35,36)/t20-,30-/m0/s1. The highest BCUT2D eigenvalue weighted by molar-refractivity contribution is 6.30. The van der Waals surface area contributed by atoms with Gasteiger partial charge in [0.1, 0.15) is 5.82 Å². The molecule has 0 radical (unpaired) electrons. The molecule has 0 spiro atoms. The summed E-state index contributed by atoms with van der Waals surface area (Å²) in [5.74, 6) is 0.994. The van der Waals surface area contributed by atoms with Crippen molar-refractivity contribution in [1.29, 1.82) is 0 Å². The summed E-state index contributed by atoms with van der Waals surface area (Å²) in [6, 6.07) is 16.4. The number of unbranched alkanes of at least 4 members (excludes halogenated alkanes) is 1. The Hall–Kier alpha value is -3.56. The van der Waals surface area contributed by atoms with E-state index in [1.165, 1.54) is 7.11 Å². The van der Waals surface area contributed by atoms with E-state index in [4.69, 9.17) is 21.3 Å². The first-order chi connectivity index (χ1) is 19.3. The maximum atomic E-state index is 13.6. The highest BCUT2D eigenvalue weighted by atomic mass is 35.5. The quantitative estimate of drug-likeness (QED) is 0.219. The van der Waals surface area contributed by atoms with Crippen LogP contribution in [0, 0.1) is 5.92 Å². The number of halogens is 1. The van der Waals surface area contributed by atoms with Crippen LogP contribution in [0.25, 0.3) is 22.5 Å². The Kier molecular flexibility index (Phi) is 9.37. The smallest absolute Gasteiger partial charge is 0.332 e. The molecule has 2 heterocycles. The van der Waals surface area contributed by atoms with E-state index in [1.54, 1.807) is 0 Å². The summed E-state index contributed by atoms with van der Waals surface area (Å²) in [6.45, 7) is 6.80. The average molecular weight is 564 g/mol. The molecule has 40 heavy (non-hydrogen) atoms. The fraction of sp³-hybridized carbons (Fsp3) is 0.433. The largest absolute Gasteiger partial charge is 0.467 e. The SMILES string of the molecule is CCCCc1nc(Cl)c([C@](C(=O)OC)([C@@H](C)CC)N(C)C)n1Cc1ccc(-c2ccccc2-c2nn[nH]n2)cc1. The number of rotatable bonds is 12. The van der Waals surface area contributed by atoms with Crippen molar-refractivity contribution in [3.05, 3.63) is 70.8 Å². The lowest BCUT2D eigenvalue weighted by molar-refractivity contribution is -0.159. The zero-order valence-electron chi connectivity index (χ0n) is 24.1. The van der Waals surface area contributed by atoms with Gasteiger partial charge in [0.15, 0.2) is 10.7 Å². The number of nitrogens with zero attached hydrogens (tertiary/aromatic N) is 6. The minimum Gasteiger partial charge on any atom is -0.467 e. The summed E-state index contributed by atoms with van der Waals surface area (Å²) < 4.78 is 7.54. The Morgan fingerprint density at radius 2 is 1.82 bits per heavy atom. The molecule has 0 amide bonds. The van der Waals surface area contributed by atoms with E-state index < -0.39 is 5.54 Å². The van der Waals surface area contributed by atoms with Crippen molar-refractivity contribution >= 4 is 17.6 Å². The second-order valence-electron chi connectivity index (χ2n) is 10.3. The maximum Gasteiger partial charge on any atom is 0.332 e. The number of H-pyrrole nitrogens is 1. The van der Waals surface area contributed by atoms with E-state index in [2.05, 4.69) is 70.2 Å². The predicted molar refractivity (Wildman–Crippen MR) is 157 cm³/mol. The van der Waals surface area contributed by atoms with E-state index in [0.29, 0.717) is 23.2 Å². The van der Waals surface area contributed by atoms with Crippen molar-refractivity contribution < 1.29 is 9.53 Å². The van der Waals surface area contributed by atoms with Gasteiger partial charge in [-0.15, -0.1) is 10.2 Å². The van der Waals surface area contributed by atoms with Gasteiger partial charge in [-0.25, -0.2) is 9.78 Å². The lowest BCUT2D eigenvalue weighted by atomic mass is 9.79. The molecular weight excluding hydrogens is 526 g/mol. The number of nitrogens with one attached hydrogen (secondary N) is 1. The molecule has 2 aromatic heterocycles. The molecule has 0 bridgehead atoms. The molecule has 9 nitrogen and oxygen atoms in total. The third kappa shape index (κ3) is 5.40. The van der Waals surface area contributed by atoms with Gasteiger partial charge in [-0.1, -0.05) is 93.7 Å². The van der Waals surface area contributed by atoms with E-state index in [1.807, 2.05) is 43.3 Å². The number of aromatic nitrogens is 6. The van der Waals surface area contributed by atoms with Crippen LogP contribution in [-0.4, -0.2) is 62.2 Å². The fourth-order valence-corrected chi connectivity index (χ4v) is 5.87. The van der Waals surface area contributed by atoms with E-state index in [9.17, 15) is 4.79 Å². The van der Waals surface area contributed by atoms with Gasteiger partial charge in [0, 0.05) is 18.5 Å². The summed E-state index contributed by atoms with van der Waals surface area (Å²) in [5.41, 5.74) is 3.60. The second kappa shape index (κ2) is 12.7. The van der Waals surface area contributed by atoms with Crippen LogP contribution in [0.4, 0.5) is 0 Å². The lowest BCUT2D eigenvalue weighted by Crippen LogP contribution is -2.55. The molecule has 0 aliphatic rings. The molecule has 0 saturated carbocycles. The number of esters is 1. The summed E-state index contributed by atoms with van der Waals surface area (Å²) in [6.07, 6.45) is 3.51. The van der Waals surface area contributed by atoms with Gasteiger partial charge < -0.3 is 9.30 Å². The number of carbonyl (C=O) groups is 1. The number of imidazole rings is 1. The van der Waals surface area contributed by atoms with Crippen LogP contribution in [0.3, 0.4) is 0 Å². The first-order valence-electron chi connectivity index (χ1n) is 13.7. The number of hydrogen-bond donors (Lipinski definition) is 1. The number of likely N-dealkylation sites (N-methyl/N-ethyl adjacent to an activating group) is 1. The summed E-state index contributed by atoms with van der Waals surface area (Å²) in [4.78, 5) is 20.3. The van der Waals surface area contributed by atoms with Gasteiger partial charge >= 0.3 is 5.97 Å². The lowest BCUT2D eigenvalue weighted by Gasteiger charge is -2.42. The van der Waals surface area contributed by atoms with Crippen molar-refractivity contribution in [1.82, 2.24) is 35.1 Å². The number of aromatic amines is 1. The van der Waals surface area contributed by atoms with Crippen molar-refractivity contribution in [2.45, 2.75) is 58.5 Å². The van der Waals surface area contributed by atoms with Crippen LogP contribution in [0.5, 0.6) is 0 Å². The molecule has 1 N–H and O–H groups in total. The third-order valence-corrected chi connectivity index (χ3v) is 8.03.